The summed E-state index contributed by atoms with van der Waals surface area (Å²) in [4.78, 5) is 0. The monoisotopic (exact) mass is 283 g/mol. The minimum atomic E-state index is 0.292. The minimum absolute atomic E-state index is 0.292. The number of methoxy groups -OCH3 is 1. The van der Waals surface area contributed by atoms with Gasteiger partial charge < -0.3 is 10.1 Å². The molecular weight excluding hydrogens is 258 g/mol. The fraction of sp³-hybridized carbons (Fsp3) is 0.368. The fourth-order valence-corrected chi connectivity index (χ4v) is 2.81. The maximum atomic E-state index is 5.51. The average molecular weight is 283 g/mol. The van der Waals surface area contributed by atoms with E-state index in [-0.39, 0.29) is 0 Å². The van der Waals surface area contributed by atoms with E-state index in [1.54, 1.807) is 7.11 Å². The quantitative estimate of drug-likeness (QED) is 0.891. The molecule has 0 aliphatic carbocycles. The number of hydrogen-bond acceptors (Lipinski definition) is 2. The summed E-state index contributed by atoms with van der Waals surface area (Å²) >= 11 is 0. The van der Waals surface area contributed by atoms with Crippen molar-refractivity contribution < 1.29 is 4.74 Å². The lowest BCUT2D eigenvalue weighted by Crippen LogP contribution is -2.20. The molecule has 0 fully saturated rings. The maximum Gasteiger partial charge on any atom is 0.122 e. The SMILES string of the molecule is CNC(Cc1cc(C)ccc1OC)c1cccc(C)c1C. The Labute approximate surface area is 128 Å². The summed E-state index contributed by atoms with van der Waals surface area (Å²) in [6.07, 6.45) is 0.922. The predicted octanol–water partition coefficient (Wildman–Crippen LogP) is 4.12. The lowest BCUT2D eigenvalue weighted by molar-refractivity contribution is 0.406. The number of hydrogen-bond donors (Lipinski definition) is 1. The van der Waals surface area contributed by atoms with Crippen LogP contribution in [-0.2, 0) is 6.42 Å². The van der Waals surface area contributed by atoms with Crippen molar-refractivity contribution in [1.82, 2.24) is 5.32 Å². The van der Waals surface area contributed by atoms with Crippen molar-refractivity contribution in [1.29, 1.82) is 0 Å². The van der Waals surface area contributed by atoms with Crippen molar-refractivity contribution in [3.63, 3.8) is 0 Å². The Balaban J connectivity index is 2.35. The molecule has 21 heavy (non-hydrogen) atoms. The second-order valence-corrected chi connectivity index (χ2v) is 5.65. The molecular formula is C19H25NO. The molecule has 112 valence electrons. The van der Waals surface area contributed by atoms with Gasteiger partial charge >= 0.3 is 0 Å². The van der Waals surface area contributed by atoms with Gasteiger partial charge in [-0.25, -0.2) is 0 Å². The highest BCUT2D eigenvalue weighted by molar-refractivity contribution is 5.40. The van der Waals surface area contributed by atoms with Crippen molar-refractivity contribution in [2.45, 2.75) is 33.2 Å². The Kier molecular flexibility index (Phi) is 5.03. The van der Waals surface area contributed by atoms with Crippen LogP contribution >= 0.6 is 0 Å². The molecule has 2 nitrogen and oxygen atoms in total. The van der Waals surface area contributed by atoms with Crippen molar-refractivity contribution in [3.8, 4) is 5.75 Å². The first-order chi connectivity index (χ1) is 10.1. The zero-order valence-electron chi connectivity index (χ0n) is 13.7. The molecule has 0 saturated heterocycles. The Morgan fingerprint density at radius 3 is 2.52 bits per heavy atom. The van der Waals surface area contributed by atoms with Crippen LogP contribution in [-0.4, -0.2) is 14.2 Å². The second kappa shape index (κ2) is 6.77. The molecule has 0 aromatic heterocycles. The van der Waals surface area contributed by atoms with E-state index < -0.39 is 0 Å². The van der Waals surface area contributed by atoms with Crippen molar-refractivity contribution in [2.24, 2.45) is 0 Å². The first-order valence-corrected chi connectivity index (χ1v) is 7.43. The molecule has 0 saturated carbocycles. The highest BCUT2D eigenvalue weighted by Crippen LogP contribution is 2.28. The summed E-state index contributed by atoms with van der Waals surface area (Å²) in [5, 5.41) is 3.45. The third kappa shape index (κ3) is 3.45. The van der Waals surface area contributed by atoms with Gasteiger partial charge in [-0.1, -0.05) is 35.9 Å². The lowest BCUT2D eigenvalue weighted by Gasteiger charge is -2.21. The molecule has 1 unspecified atom stereocenters. The second-order valence-electron chi connectivity index (χ2n) is 5.65. The number of ether oxygens (including phenoxy) is 1. The van der Waals surface area contributed by atoms with Gasteiger partial charge in [-0.05, 0) is 62.6 Å². The van der Waals surface area contributed by atoms with E-state index in [1.807, 2.05) is 7.05 Å². The van der Waals surface area contributed by atoms with Crippen molar-refractivity contribution >= 4 is 0 Å². The summed E-state index contributed by atoms with van der Waals surface area (Å²) in [7, 11) is 3.76. The molecule has 2 rings (SSSR count). The Bertz CT molecular complexity index is 619. The number of benzene rings is 2. The smallest absolute Gasteiger partial charge is 0.122 e. The summed E-state index contributed by atoms with van der Waals surface area (Å²) in [6, 6.07) is 13.2. The molecule has 0 aliphatic rings. The van der Waals surface area contributed by atoms with Gasteiger partial charge in [0.05, 0.1) is 7.11 Å². The first-order valence-electron chi connectivity index (χ1n) is 7.43. The molecule has 0 heterocycles. The zero-order valence-corrected chi connectivity index (χ0v) is 13.7. The van der Waals surface area contributed by atoms with Gasteiger partial charge in [-0.2, -0.15) is 0 Å². The largest absolute Gasteiger partial charge is 0.496 e. The normalized spacial score (nSPS) is 12.2. The van der Waals surface area contributed by atoms with E-state index in [4.69, 9.17) is 4.74 Å². The molecule has 0 bridgehead atoms. The predicted molar refractivity (Wildman–Crippen MR) is 89.2 cm³/mol. The Hall–Kier alpha value is -1.80. The summed E-state index contributed by atoms with van der Waals surface area (Å²) in [5.74, 6) is 0.964. The molecule has 2 heteroatoms. The summed E-state index contributed by atoms with van der Waals surface area (Å²) in [6.45, 7) is 6.48. The lowest BCUT2D eigenvalue weighted by atomic mass is 9.92. The summed E-state index contributed by atoms with van der Waals surface area (Å²) in [5.41, 5.74) is 6.58. The van der Waals surface area contributed by atoms with Crippen LogP contribution in [0.3, 0.4) is 0 Å². The molecule has 0 aliphatic heterocycles. The number of likely N-dealkylation sites (N-methyl/N-ethyl adjacent to an activating group) is 1. The van der Waals surface area contributed by atoms with Crippen molar-refractivity contribution in [3.05, 3.63) is 64.2 Å². The topological polar surface area (TPSA) is 21.3 Å². The van der Waals surface area contributed by atoms with Gasteiger partial charge in [0.2, 0.25) is 0 Å². The van der Waals surface area contributed by atoms with Crippen LogP contribution in [0, 0.1) is 20.8 Å². The van der Waals surface area contributed by atoms with E-state index in [9.17, 15) is 0 Å². The highest BCUT2D eigenvalue weighted by atomic mass is 16.5. The third-order valence-corrected chi connectivity index (χ3v) is 4.23. The maximum absolute atomic E-state index is 5.51. The van der Waals surface area contributed by atoms with E-state index in [1.165, 1.54) is 27.8 Å². The van der Waals surface area contributed by atoms with E-state index in [0.717, 1.165) is 12.2 Å². The Morgan fingerprint density at radius 1 is 1.10 bits per heavy atom. The minimum Gasteiger partial charge on any atom is -0.496 e. The molecule has 1 atom stereocenters. The molecule has 0 amide bonds. The average Bonchev–Trinajstić information content (AvgIpc) is 2.48. The van der Waals surface area contributed by atoms with Gasteiger partial charge in [0, 0.05) is 6.04 Å². The first kappa shape index (κ1) is 15.6. The number of aryl methyl sites for hydroxylation is 2. The molecule has 0 spiro atoms. The van der Waals surface area contributed by atoms with Gasteiger partial charge in [0.1, 0.15) is 5.75 Å². The summed E-state index contributed by atoms with van der Waals surface area (Å²) < 4.78 is 5.51. The molecule has 2 aromatic carbocycles. The standard InChI is InChI=1S/C19H25NO/c1-13-9-10-19(21-5)16(11-13)12-18(20-4)17-8-6-7-14(2)15(17)3/h6-11,18,20H,12H2,1-5H3. The number of rotatable bonds is 5. The van der Waals surface area contributed by atoms with Crippen LogP contribution in [0.2, 0.25) is 0 Å². The molecule has 2 aromatic rings. The van der Waals surface area contributed by atoms with Gasteiger partial charge in [-0.3, -0.25) is 0 Å². The van der Waals surface area contributed by atoms with Gasteiger partial charge in [0.15, 0.2) is 0 Å². The van der Waals surface area contributed by atoms with Crippen LogP contribution in [0.25, 0.3) is 0 Å². The fourth-order valence-electron chi connectivity index (χ4n) is 2.81. The van der Waals surface area contributed by atoms with Crippen LogP contribution in [0.1, 0.15) is 33.9 Å². The van der Waals surface area contributed by atoms with Crippen LogP contribution in [0.5, 0.6) is 5.75 Å². The van der Waals surface area contributed by atoms with Crippen LogP contribution < -0.4 is 10.1 Å². The van der Waals surface area contributed by atoms with Crippen LogP contribution in [0.15, 0.2) is 36.4 Å². The van der Waals surface area contributed by atoms with E-state index in [0.29, 0.717) is 6.04 Å². The highest BCUT2D eigenvalue weighted by Gasteiger charge is 2.15. The van der Waals surface area contributed by atoms with Crippen molar-refractivity contribution in [2.75, 3.05) is 14.2 Å². The van der Waals surface area contributed by atoms with E-state index >= 15 is 0 Å². The third-order valence-electron chi connectivity index (χ3n) is 4.23. The van der Waals surface area contributed by atoms with Gasteiger partial charge in [0.25, 0.3) is 0 Å². The molecule has 0 radical (unpaired) electrons. The number of nitrogens with one attached hydrogen (secondary N) is 1. The zero-order chi connectivity index (χ0) is 15.4. The van der Waals surface area contributed by atoms with Crippen LogP contribution in [0.4, 0.5) is 0 Å². The molecule has 1 N–H and O–H groups in total. The Morgan fingerprint density at radius 2 is 1.86 bits per heavy atom. The van der Waals surface area contributed by atoms with E-state index in [2.05, 4.69) is 62.5 Å². The van der Waals surface area contributed by atoms with Gasteiger partial charge in [-0.15, -0.1) is 0 Å².